The van der Waals surface area contributed by atoms with Gasteiger partial charge in [-0.1, -0.05) is 5.16 Å². The van der Waals surface area contributed by atoms with Gasteiger partial charge < -0.3 is 14.4 Å². The summed E-state index contributed by atoms with van der Waals surface area (Å²) in [6.07, 6.45) is 0.779. The van der Waals surface area contributed by atoms with Gasteiger partial charge in [-0.25, -0.2) is 0 Å². The van der Waals surface area contributed by atoms with Crippen LogP contribution in [-0.2, 0) is 17.9 Å². The molecule has 17 heavy (non-hydrogen) atoms. The maximum Gasteiger partial charge on any atom is 0.162 e. The van der Waals surface area contributed by atoms with E-state index in [9.17, 15) is 0 Å². The van der Waals surface area contributed by atoms with Gasteiger partial charge in [-0.05, 0) is 20.3 Å². The molecule has 1 heterocycles. The van der Waals surface area contributed by atoms with E-state index in [-0.39, 0.29) is 6.61 Å². The lowest BCUT2D eigenvalue weighted by atomic mass is 10.2. The molecule has 0 aliphatic heterocycles. The fourth-order valence-corrected chi connectivity index (χ4v) is 1.64. The lowest BCUT2D eigenvalue weighted by molar-refractivity contribution is 0.154. The summed E-state index contributed by atoms with van der Waals surface area (Å²) >= 11 is 0. The minimum atomic E-state index is 0.219. The molecule has 1 aromatic heterocycles. The quantitative estimate of drug-likeness (QED) is 0.747. The number of methoxy groups -OCH3 is 1. The van der Waals surface area contributed by atoms with E-state index in [1.54, 1.807) is 7.11 Å². The molecule has 0 aromatic carbocycles. The molecule has 0 radical (unpaired) electrons. The predicted molar refractivity (Wildman–Crippen MR) is 64.5 cm³/mol. The molecule has 98 valence electrons. The normalized spacial score (nSPS) is 11.6. The van der Waals surface area contributed by atoms with Gasteiger partial charge in [0.25, 0.3) is 0 Å². The molecule has 0 aliphatic rings. The van der Waals surface area contributed by atoms with Gasteiger partial charge in [0.1, 0.15) is 6.61 Å². The molecule has 5 nitrogen and oxygen atoms in total. The first-order valence-electron chi connectivity index (χ1n) is 5.95. The van der Waals surface area contributed by atoms with Crippen LogP contribution in [0.5, 0.6) is 0 Å². The summed E-state index contributed by atoms with van der Waals surface area (Å²) in [4.78, 5) is 2.25. The van der Waals surface area contributed by atoms with Gasteiger partial charge in [-0.15, -0.1) is 0 Å². The SMILES string of the molecule is COCc1cc(CN(CCCO)C(C)C)no1. The second-order valence-electron chi connectivity index (χ2n) is 4.36. The summed E-state index contributed by atoms with van der Waals surface area (Å²) in [6.45, 7) is 6.54. The molecule has 0 unspecified atom stereocenters. The Hall–Kier alpha value is -0.910. The maximum absolute atomic E-state index is 8.86. The summed E-state index contributed by atoms with van der Waals surface area (Å²) in [5.74, 6) is 0.744. The topological polar surface area (TPSA) is 58.7 Å². The molecule has 0 atom stereocenters. The summed E-state index contributed by atoms with van der Waals surface area (Å²) in [5.41, 5.74) is 0.906. The van der Waals surface area contributed by atoms with E-state index in [0.29, 0.717) is 12.6 Å². The van der Waals surface area contributed by atoms with Crippen molar-refractivity contribution >= 4 is 0 Å². The number of aliphatic hydroxyl groups excluding tert-OH is 1. The largest absolute Gasteiger partial charge is 0.396 e. The number of nitrogens with zero attached hydrogens (tertiary/aromatic N) is 2. The Labute approximate surface area is 102 Å². The average Bonchev–Trinajstić information content (AvgIpc) is 2.72. The smallest absolute Gasteiger partial charge is 0.162 e. The van der Waals surface area contributed by atoms with Crippen molar-refractivity contribution < 1.29 is 14.4 Å². The van der Waals surface area contributed by atoms with Crippen LogP contribution in [-0.4, -0.2) is 41.5 Å². The number of hydrogen-bond donors (Lipinski definition) is 1. The highest BCUT2D eigenvalue weighted by atomic mass is 16.5. The van der Waals surface area contributed by atoms with Crippen LogP contribution in [0.25, 0.3) is 0 Å². The molecule has 0 bridgehead atoms. The molecule has 0 amide bonds. The van der Waals surface area contributed by atoms with Gasteiger partial charge in [0, 0.05) is 38.9 Å². The number of hydrogen-bond acceptors (Lipinski definition) is 5. The summed E-state index contributed by atoms with van der Waals surface area (Å²) in [5, 5.41) is 12.9. The molecule has 1 N–H and O–H groups in total. The highest BCUT2D eigenvalue weighted by Crippen LogP contribution is 2.10. The van der Waals surface area contributed by atoms with Crippen molar-refractivity contribution in [2.45, 2.75) is 39.5 Å². The first-order chi connectivity index (χ1) is 8.17. The van der Waals surface area contributed by atoms with Crippen molar-refractivity contribution in [3.8, 4) is 0 Å². The Kier molecular flexibility index (Phi) is 6.18. The molecule has 1 aromatic rings. The lowest BCUT2D eigenvalue weighted by Crippen LogP contribution is -2.31. The van der Waals surface area contributed by atoms with E-state index in [2.05, 4.69) is 23.9 Å². The Bertz CT molecular complexity index is 312. The monoisotopic (exact) mass is 242 g/mol. The second kappa shape index (κ2) is 7.42. The van der Waals surface area contributed by atoms with Crippen LogP contribution in [0.2, 0.25) is 0 Å². The van der Waals surface area contributed by atoms with E-state index < -0.39 is 0 Å². The van der Waals surface area contributed by atoms with E-state index in [1.165, 1.54) is 0 Å². The zero-order valence-corrected chi connectivity index (χ0v) is 10.8. The molecule has 1 rings (SSSR count). The number of aromatic nitrogens is 1. The van der Waals surface area contributed by atoms with E-state index in [4.69, 9.17) is 14.4 Å². The van der Waals surface area contributed by atoms with Crippen molar-refractivity contribution in [1.29, 1.82) is 0 Å². The summed E-state index contributed by atoms with van der Waals surface area (Å²) in [7, 11) is 1.63. The van der Waals surface area contributed by atoms with Crippen LogP contribution in [0.4, 0.5) is 0 Å². The van der Waals surface area contributed by atoms with E-state index >= 15 is 0 Å². The van der Waals surface area contributed by atoms with Gasteiger partial charge in [0.05, 0.1) is 5.69 Å². The van der Waals surface area contributed by atoms with Gasteiger partial charge in [0.2, 0.25) is 0 Å². The fraction of sp³-hybridized carbons (Fsp3) is 0.750. The van der Waals surface area contributed by atoms with Gasteiger partial charge in [-0.3, -0.25) is 4.90 Å². The number of aliphatic hydroxyl groups is 1. The van der Waals surface area contributed by atoms with Crippen molar-refractivity contribution in [3.05, 3.63) is 17.5 Å². The van der Waals surface area contributed by atoms with Gasteiger partial charge in [-0.2, -0.15) is 0 Å². The maximum atomic E-state index is 8.86. The Balaban J connectivity index is 2.52. The standard InChI is InChI=1S/C12H22N2O3/c1-10(2)14(5-4-6-15)8-11-7-12(9-16-3)17-13-11/h7,10,15H,4-6,8-9H2,1-3H3. The molecular weight excluding hydrogens is 220 g/mol. The summed E-state index contributed by atoms with van der Waals surface area (Å²) in [6, 6.07) is 2.33. The molecule has 0 aliphatic carbocycles. The van der Waals surface area contributed by atoms with Crippen LogP contribution >= 0.6 is 0 Å². The lowest BCUT2D eigenvalue weighted by Gasteiger charge is -2.24. The molecule has 0 saturated carbocycles. The predicted octanol–water partition coefficient (Wildman–Crippen LogP) is 1.41. The van der Waals surface area contributed by atoms with E-state index in [0.717, 1.165) is 31.0 Å². The van der Waals surface area contributed by atoms with Crippen molar-refractivity contribution in [3.63, 3.8) is 0 Å². The Morgan fingerprint density at radius 3 is 2.88 bits per heavy atom. The fourth-order valence-electron chi connectivity index (χ4n) is 1.64. The third-order valence-corrected chi connectivity index (χ3v) is 2.59. The van der Waals surface area contributed by atoms with Crippen molar-refractivity contribution in [2.24, 2.45) is 0 Å². The zero-order chi connectivity index (χ0) is 12.7. The Morgan fingerprint density at radius 1 is 1.53 bits per heavy atom. The first-order valence-corrected chi connectivity index (χ1v) is 5.95. The van der Waals surface area contributed by atoms with Crippen LogP contribution in [0, 0.1) is 0 Å². The number of rotatable bonds is 8. The van der Waals surface area contributed by atoms with Crippen LogP contribution in [0.15, 0.2) is 10.6 Å². The minimum Gasteiger partial charge on any atom is -0.396 e. The molecule has 0 fully saturated rings. The van der Waals surface area contributed by atoms with Crippen molar-refractivity contribution in [2.75, 3.05) is 20.3 Å². The minimum absolute atomic E-state index is 0.219. The average molecular weight is 242 g/mol. The third kappa shape index (κ3) is 4.85. The molecule has 0 saturated heterocycles. The molecule has 0 spiro atoms. The highest BCUT2D eigenvalue weighted by Gasteiger charge is 2.12. The highest BCUT2D eigenvalue weighted by molar-refractivity contribution is 5.04. The zero-order valence-electron chi connectivity index (χ0n) is 10.8. The van der Waals surface area contributed by atoms with Crippen LogP contribution < -0.4 is 0 Å². The molecular formula is C12H22N2O3. The van der Waals surface area contributed by atoms with Crippen molar-refractivity contribution in [1.82, 2.24) is 10.1 Å². The molecule has 5 heteroatoms. The summed E-state index contributed by atoms with van der Waals surface area (Å²) < 4.78 is 10.1. The number of ether oxygens (including phenoxy) is 1. The van der Waals surface area contributed by atoms with Gasteiger partial charge in [0.15, 0.2) is 5.76 Å². The first kappa shape index (κ1) is 14.2. The van der Waals surface area contributed by atoms with Crippen LogP contribution in [0.3, 0.4) is 0 Å². The van der Waals surface area contributed by atoms with Gasteiger partial charge >= 0.3 is 0 Å². The van der Waals surface area contributed by atoms with E-state index in [1.807, 2.05) is 6.07 Å². The third-order valence-electron chi connectivity index (χ3n) is 2.59. The Morgan fingerprint density at radius 2 is 2.29 bits per heavy atom. The second-order valence-corrected chi connectivity index (χ2v) is 4.36. The van der Waals surface area contributed by atoms with Crippen LogP contribution in [0.1, 0.15) is 31.7 Å².